The van der Waals surface area contributed by atoms with Crippen molar-refractivity contribution in [3.63, 3.8) is 0 Å². The van der Waals surface area contributed by atoms with Crippen LogP contribution in [0.3, 0.4) is 0 Å². The van der Waals surface area contributed by atoms with E-state index in [9.17, 15) is 4.79 Å². The number of hydrogen-bond donors (Lipinski definition) is 2. The Hall–Kier alpha value is -3.51. The Bertz CT molecular complexity index is 1230. The van der Waals surface area contributed by atoms with Crippen molar-refractivity contribution in [2.45, 2.75) is 25.7 Å². The topological polar surface area (TPSA) is 73.9 Å². The van der Waals surface area contributed by atoms with Gasteiger partial charge in [0.2, 0.25) is 0 Å². The van der Waals surface area contributed by atoms with Crippen molar-refractivity contribution in [1.82, 2.24) is 19.9 Å². The molecule has 0 bridgehead atoms. The lowest BCUT2D eigenvalue weighted by molar-refractivity contribution is 0.0910. The normalized spacial score (nSPS) is 15.2. The number of likely N-dealkylation sites (tertiary alicyclic amines) is 1. The maximum Gasteiger partial charge on any atom is 0.179 e. The number of rotatable bonds is 6. The summed E-state index contributed by atoms with van der Waals surface area (Å²) in [6.07, 6.45) is 3.77. The molecule has 0 saturated carbocycles. The number of carbonyl (C=O) groups is 1. The molecule has 32 heavy (non-hydrogen) atoms. The van der Waals surface area contributed by atoms with Crippen LogP contribution in [0, 0.1) is 6.92 Å². The van der Waals surface area contributed by atoms with Crippen molar-refractivity contribution >= 4 is 28.3 Å². The van der Waals surface area contributed by atoms with Gasteiger partial charge in [-0.15, -0.1) is 0 Å². The van der Waals surface area contributed by atoms with Gasteiger partial charge in [-0.1, -0.05) is 30.3 Å². The fourth-order valence-corrected chi connectivity index (χ4v) is 4.62. The van der Waals surface area contributed by atoms with Gasteiger partial charge in [0, 0.05) is 40.0 Å². The minimum atomic E-state index is 0.193. The van der Waals surface area contributed by atoms with Crippen LogP contribution in [0.15, 0.2) is 66.9 Å². The molecule has 162 valence electrons. The lowest BCUT2D eigenvalue weighted by Crippen LogP contribution is -2.37. The summed E-state index contributed by atoms with van der Waals surface area (Å²) in [7, 11) is 0. The van der Waals surface area contributed by atoms with Gasteiger partial charge in [0.25, 0.3) is 0 Å². The second kappa shape index (κ2) is 8.93. The average Bonchev–Trinajstić information content (AvgIpc) is 3.16. The molecule has 5 rings (SSSR count). The zero-order valence-corrected chi connectivity index (χ0v) is 18.2. The third-order valence-electron chi connectivity index (χ3n) is 6.24. The van der Waals surface area contributed by atoms with Crippen molar-refractivity contribution in [1.29, 1.82) is 0 Å². The SMILES string of the molecule is Cc1[nH]c2ccccc2c1C(=O)CN1CCC(c2cccc(Nc3ccccn3)n2)CC1. The molecule has 0 aliphatic carbocycles. The smallest absolute Gasteiger partial charge is 0.179 e. The number of pyridine rings is 2. The van der Waals surface area contributed by atoms with Gasteiger partial charge in [0.15, 0.2) is 5.78 Å². The summed E-state index contributed by atoms with van der Waals surface area (Å²) >= 11 is 0. The van der Waals surface area contributed by atoms with Gasteiger partial charge < -0.3 is 10.3 Å². The highest BCUT2D eigenvalue weighted by atomic mass is 16.1. The standard InChI is InChI=1S/C26H27N5O/c1-18-26(20-7-2-3-8-22(20)28-18)23(32)17-31-15-12-19(13-16-31)21-9-6-11-25(29-21)30-24-10-4-5-14-27-24/h2-11,14,19,28H,12-13,15-17H2,1H3,(H,27,29,30). The molecule has 3 aromatic heterocycles. The number of fused-ring (bicyclic) bond motifs is 1. The van der Waals surface area contributed by atoms with Gasteiger partial charge in [-0.3, -0.25) is 9.69 Å². The number of aromatic nitrogens is 3. The van der Waals surface area contributed by atoms with E-state index >= 15 is 0 Å². The minimum Gasteiger partial charge on any atom is -0.358 e. The molecule has 6 heteroatoms. The van der Waals surface area contributed by atoms with Crippen molar-refractivity contribution in [2.75, 3.05) is 25.0 Å². The van der Waals surface area contributed by atoms with E-state index in [0.29, 0.717) is 12.5 Å². The van der Waals surface area contributed by atoms with E-state index in [4.69, 9.17) is 4.98 Å². The number of aryl methyl sites for hydroxylation is 1. The van der Waals surface area contributed by atoms with Crippen molar-refractivity contribution in [3.05, 3.63) is 83.8 Å². The number of anilines is 2. The van der Waals surface area contributed by atoms with E-state index in [1.54, 1.807) is 6.20 Å². The van der Waals surface area contributed by atoms with Crippen LogP contribution in [0.5, 0.6) is 0 Å². The van der Waals surface area contributed by atoms with Gasteiger partial charge in [-0.2, -0.15) is 0 Å². The largest absolute Gasteiger partial charge is 0.358 e. The van der Waals surface area contributed by atoms with Crippen LogP contribution in [-0.2, 0) is 0 Å². The van der Waals surface area contributed by atoms with Crippen LogP contribution < -0.4 is 5.32 Å². The molecule has 0 atom stereocenters. The average molecular weight is 426 g/mol. The third-order valence-corrected chi connectivity index (χ3v) is 6.24. The Balaban J connectivity index is 1.21. The first kappa shape index (κ1) is 20.4. The quantitative estimate of drug-likeness (QED) is 0.422. The second-order valence-corrected chi connectivity index (χ2v) is 8.43. The highest BCUT2D eigenvalue weighted by Crippen LogP contribution is 2.29. The molecule has 6 nitrogen and oxygen atoms in total. The number of carbonyl (C=O) groups excluding carboxylic acids is 1. The molecule has 4 aromatic rings. The van der Waals surface area contributed by atoms with Crippen molar-refractivity contribution in [2.24, 2.45) is 0 Å². The van der Waals surface area contributed by atoms with Crippen LogP contribution in [0.4, 0.5) is 11.6 Å². The molecule has 1 saturated heterocycles. The van der Waals surface area contributed by atoms with Gasteiger partial charge in [-0.05, 0) is 63.2 Å². The number of H-pyrrole nitrogens is 1. The number of nitrogens with zero attached hydrogens (tertiary/aromatic N) is 3. The fourth-order valence-electron chi connectivity index (χ4n) is 4.62. The highest BCUT2D eigenvalue weighted by Gasteiger charge is 2.25. The summed E-state index contributed by atoms with van der Waals surface area (Å²) in [5, 5.41) is 4.29. The maximum absolute atomic E-state index is 13.1. The Morgan fingerprint density at radius 2 is 1.81 bits per heavy atom. The van der Waals surface area contributed by atoms with Crippen LogP contribution in [0.1, 0.15) is 40.5 Å². The molecular formula is C26H27N5O. The maximum atomic E-state index is 13.1. The van der Waals surface area contributed by atoms with Crippen LogP contribution in [0.25, 0.3) is 10.9 Å². The predicted molar refractivity (Wildman–Crippen MR) is 128 cm³/mol. The summed E-state index contributed by atoms with van der Waals surface area (Å²) in [4.78, 5) is 27.8. The molecule has 1 fully saturated rings. The summed E-state index contributed by atoms with van der Waals surface area (Å²) < 4.78 is 0. The number of piperidine rings is 1. The van der Waals surface area contributed by atoms with E-state index in [1.807, 2.05) is 61.5 Å². The molecule has 0 spiro atoms. The first-order chi connectivity index (χ1) is 15.7. The zero-order valence-electron chi connectivity index (χ0n) is 18.2. The summed E-state index contributed by atoms with van der Waals surface area (Å²) in [5.41, 5.74) is 3.91. The molecule has 1 aliphatic heterocycles. The molecule has 1 aliphatic rings. The Morgan fingerprint density at radius 3 is 2.62 bits per heavy atom. The van der Waals surface area contributed by atoms with Crippen LogP contribution in [-0.4, -0.2) is 45.3 Å². The molecule has 2 N–H and O–H groups in total. The summed E-state index contributed by atoms with van der Waals surface area (Å²) in [6, 6.07) is 19.9. The third kappa shape index (κ3) is 4.27. The fraction of sp³-hybridized carbons (Fsp3) is 0.269. The van der Waals surface area contributed by atoms with Crippen LogP contribution in [0.2, 0.25) is 0 Å². The molecule has 0 amide bonds. The van der Waals surface area contributed by atoms with Crippen LogP contribution >= 0.6 is 0 Å². The first-order valence-corrected chi connectivity index (χ1v) is 11.2. The number of hydrogen-bond acceptors (Lipinski definition) is 5. The van der Waals surface area contributed by atoms with Gasteiger partial charge in [0.05, 0.1) is 6.54 Å². The Kier molecular flexibility index (Phi) is 5.69. The molecule has 1 aromatic carbocycles. The number of Topliss-reactive ketones (excluding diaryl/α,β-unsaturated/α-hetero) is 1. The molecular weight excluding hydrogens is 398 g/mol. The van der Waals surface area contributed by atoms with E-state index < -0.39 is 0 Å². The van der Waals surface area contributed by atoms with E-state index in [-0.39, 0.29) is 5.78 Å². The van der Waals surface area contributed by atoms with Crippen molar-refractivity contribution < 1.29 is 4.79 Å². The number of aromatic amines is 1. The van der Waals surface area contributed by atoms with Crippen molar-refractivity contribution in [3.8, 4) is 0 Å². The number of ketones is 1. The lowest BCUT2D eigenvalue weighted by Gasteiger charge is -2.31. The van der Waals surface area contributed by atoms with Gasteiger partial charge in [-0.25, -0.2) is 9.97 Å². The van der Waals surface area contributed by atoms with Gasteiger partial charge in [0.1, 0.15) is 11.6 Å². The predicted octanol–water partition coefficient (Wildman–Crippen LogP) is 5.07. The van der Waals surface area contributed by atoms with E-state index in [0.717, 1.165) is 65.4 Å². The summed E-state index contributed by atoms with van der Waals surface area (Å²) in [5.74, 6) is 2.20. The first-order valence-electron chi connectivity index (χ1n) is 11.2. The number of para-hydroxylation sites is 1. The molecule has 0 radical (unpaired) electrons. The second-order valence-electron chi connectivity index (χ2n) is 8.43. The Labute approximate surface area is 187 Å². The van der Waals surface area contributed by atoms with E-state index in [1.165, 1.54) is 0 Å². The van der Waals surface area contributed by atoms with Gasteiger partial charge >= 0.3 is 0 Å². The molecule has 0 unspecified atom stereocenters. The summed E-state index contributed by atoms with van der Waals surface area (Å²) in [6.45, 7) is 4.25. The monoisotopic (exact) mass is 425 g/mol. The lowest BCUT2D eigenvalue weighted by atomic mass is 9.92. The number of benzene rings is 1. The number of nitrogens with one attached hydrogen (secondary N) is 2. The molecule has 4 heterocycles. The Morgan fingerprint density at radius 1 is 1.03 bits per heavy atom. The van der Waals surface area contributed by atoms with E-state index in [2.05, 4.69) is 26.3 Å². The highest BCUT2D eigenvalue weighted by molar-refractivity contribution is 6.10. The minimum absolute atomic E-state index is 0.193. The zero-order chi connectivity index (χ0) is 21.9.